The molecule has 1 heteroatoms. The first-order valence-electron chi connectivity index (χ1n) is 7.01. The Bertz CT molecular complexity index is 375. The average molecular weight is 248 g/mol. The van der Waals surface area contributed by atoms with Gasteiger partial charge in [0.15, 0.2) is 0 Å². The van der Waals surface area contributed by atoms with Crippen molar-refractivity contribution in [2.75, 3.05) is 0 Å². The predicted molar refractivity (Wildman–Crippen MR) is 78.9 cm³/mol. The minimum absolute atomic E-state index is 0.0431. The number of hydrogen-bond donors (Lipinski definition) is 1. The molecule has 1 aromatic rings. The topological polar surface area (TPSA) is 20.2 Å². The maximum Gasteiger partial charge on any atom is 0.0650 e. The van der Waals surface area contributed by atoms with Crippen LogP contribution in [0.15, 0.2) is 24.3 Å². The molecule has 0 spiro atoms. The molecule has 1 aromatic carbocycles. The average Bonchev–Trinajstić information content (AvgIpc) is 2.29. The maximum absolute atomic E-state index is 10.6. The van der Waals surface area contributed by atoms with E-state index in [1.165, 1.54) is 11.1 Å². The van der Waals surface area contributed by atoms with Gasteiger partial charge in [0.1, 0.15) is 0 Å². The summed E-state index contributed by atoms with van der Waals surface area (Å²) >= 11 is 0. The normalized spacial score (nSPS) is 18.4. The van der Waals surface area contributed by atoms with E-state index in [2.05, 4.69) is 58.9 Å². The molecule has 0 aromatic heterocycles. The zero-order chi connectivity index (χ0) is 14.0. The highest BCUT2D eigenvalue weighted by Crippen LogP contribution is 2.38. The van der Waals surface area contributed by atoms with Crippen LogP contribution in [0.25, 0.3) is 0 Å². The third-order valence-electron chi connectivity index (χ3n) is 4.52. The third-order valence-corrected chi connectivity index (χ3v) is 4.52. The van der Waals surface area contributed by atoms with Gasteiger partial charge in [-0.3, -0.25) is 0 Å². The molecule has 0 saturated carbocycles. The fourth-order valence-corrected chi connectivity index (χ4v) is 2.38. The van der Waals surface area contributed by atoms with Crippen molar-refractivity contribution in [2.45, 2.75) is 65.4 Å². The van der Waals surface area contributed by atoms with Gasteiger partial charge in [-0.05, 0) is 43.6 Å². The minimum Gasteiger partial charge on any atom is -0.390 e. The van der Waals surface area contributed by atoms with Gasteiger partial charge in [0, 0.05) is 0 Å². The van der Waals surface area contributed by atoms with Crippen LogP contribution < -0.4 is 0 Å². The molecular formula is C17H28O. The first kappa shape index (κ1) is 15.2. The highest BCUT2D eigenvalue weighted by Gasteiger charge is 2.35. The molecule has 0 aliphatic carbocycles. The number of aliphatic hydroxyl groups is 1. The standard InChI is InChI=1S/C17H28O/c1-7-16(5,12-17(6,18)13(2)3)15-10-8-14(4)9-11-15/h8-11,13,18H,7,12H2,1-6H3. The third kappa shape index (κ3) is 3.35. The summed E-state index contributed by atoms with van der Waals surface area (Å²) in [5.74, 6) is 0.272. The molecule has 0 saturated heterocycles. The highest BCUT2D eigenvalue weighted by atomic mass is 16.3. The summed E-state index contributed by atoms with van der Waals surface area (Å²) in [4.78, 5) is 0. The number of aryl methyl sites for hydroxylation is 1. The van der Waals surface area contributed by atoms with Crippen molar-refractivity contribution in [3.05, 3.63) is 35.4 Å². The molecular weight excluding hydrogens is 220 g/mol. The van der Waals surface area contributed by atoms with Crippen LogP contribution in [0.5, 0.6) is 0 Å². The Kier molecular flexibility index (Phi) is 4.61. The van der Waals surface area contributed by atoms with Gasteiger partial charge in [-0.25, -0.2) is 0 Å². The molecule has 0 aliphatic rings. The first-order valence-corrected chi connectivity index (χ1v) is 7.01. The van der Waals surface area contributed by atoms with Crippen molar-refractivity contribution in [1.82, 2.24) is 0 Å². The monoisotopic (exact) mass is 248 g/mol. The lowest BCUT2D eigenvalue weighted by Crippen LogP contribution is -2.39. The SMILES string of the molecule is CCC(C)(CC(C)(O)C(C)C)c1ccc(C)cc1. The van der Waals surface area contributed by atoms with E-state index in [0.29, 0.717) is 0 Å². The fourth-order valence-electron chi connectivity index (χ4n) is 2.38. The van der Waals surface area contributed by atoms with Gasteiger partial charge in [0.05, 0.1) is 5.60 Å². The molecule has 1 nitrogen and oxygen atoms in total. The van der Waals surface area contributed by atoms with Crippen LogP contribution in [0, 0.1) is 12.8 Å². The van der Waals surface area contributed by atoms with Gasteiger partial charge in [-0.2, -0.15) is 0 Å². The molecule has 102 valence electrons. The molecule has 0 heterocycles. The molecule has 1 rings (SSSR count). The highest BCUT2D eigenvalue weighted by molar-refractivity contribution is 5.28. The van der Waals surface area contributed by atoms with Crippen molar-refractivity contribution in [1.29, 1.82) is 0 Å². The van der Waals surface area contributed by atoms with Crippen molar-refractivity contribution < 1.29 is 5.11 Å². The van der Waals surface area contributed by atoms with E-state index in [-0.39, 0.29) is 11.3 Å². The first-order chi connectivity index (χ1) is 8.21. The van der Waals surface area contributed by atoms with Crippen LogP contribution in [0.2, 0.25) is 0 Å². The Hall–Kier alpha value is -0.820. The quantitative estimate of drug-likeness (QED) is 0.815. The fraction of sp³-hybridized carbons (Fsp3) is 0.647. The summed E-state index contributed by atoms with van der Waals surface area (Å²) in [5, 5.41) is 10.6. The zero-order valence-corrected chi connectivity index (χ0v) is 12.7. The van der Waals surface area contributed by atoms with Crippen LogP contribution in [0.1, 0.15) is 58.6 Å². The molecule has 2 atom stereocenters. The van der Waals surface area contributed by atoms with E-state index in [4.69, 9.17) is 0 Å². The Morgan fingerprint density at radius 1 is 1.11 bits per heavy atom. The molecule has 1 N–H and O–H groups in total. The second kappa shape index (κ2) is 5.44. The van der Waals surface area contributed by atoms with Crippen LogP contribution in [0.4, 0.5) is 0 Å². The lowest BCUT2D eigenvalue weighted by Gasteiger charge is -2.39. The molecule has 0 fully saturated rings. The summed E-state index contributed by atoms with van der Waals surface area (Å²) < 4.78 is 0. The Labute approximate surface area is 112 Å². The van der Waals surface area contributed by atoms with Crippen molar-refractivity contribution in [3.63, 3.8) is 0 Å². The van der Waals surface area contributed by atoms with Crippen LogP contribution in [-0.2, 0) is 5.41 Å². The van der Waals surface area contributed by atoms with Gasteiger partial charge < -0.3 is 5.11 Å². The largest absolute Gasteiger partial charge is 0.390 e. The minimum atomic E-state index is -0.615. The van der Waals surface area contributed by atoms with Crippen molar-refractivity contribution in [2.24, 2.45) is 5.92 Å². The van der Waals surface area contributed by atoms with Gasteiger partial charge in [-0.15, -0.1) is 0 Å². The van der Waals surface area contributed by atoms with E-state index in [0.717, 1.165) is 12.8 Å². The summed E-state index contributed by atoms with van der Waals surface area (Å²) in [6.45, 7) is 12.7. The van der Waals surface area contributed by atoms with Crippen LogP contribution >= 0.6 is 0 Å². The molecule has 0 bridgehead atoms. The van der Waals surface area contributed by atoms with Crippen LogP contribution in [0.3, 0.4) is 0 Å². The molecule has 0 aliphatic heterocycles. The van der Waals surface area contributed by atoms with Crippen molar-refractivity contribution in [3.8, 4) is 0 Å². The zero-order valence-electron chi connectivity index (χ0n) is 12.7. The predicted octanol–water partition coefficient (Wildman–Crippen LogP) is 4.46. The summed E-state index contributed by atoms with van der Waals surface area (Å²) in [6, 6.07) is 8.73. The number of rotatable bonds is 5. The van der Waals surface area contributed by atoms with E-state index >= 15 is 0 Å². The smallest absolute Gasteiger partial charge is 0.0650 e. The van der Waals surface area contributed by atoms with Gasteiger partial charge in [-0.1, -0.05) is 57.5 Å². The molecule has 0 radical (unpaired) electrons. The number of benzene rings is 1. The lowest BCUT2D eigenvalue weighted by molar-refractivity contribution is -0.0144. The summed E-state index contributed by atoms with van der Waals surface area (Å²) in [6.07, 6.45) is 1.84. The second-order valence-corrected chi connectivity index (χ2v) is 6.47. The number of hydrogen-bond acceptors (Lipinski definition) is 1. The van der Waals surface area contributed by atoms with Gasteiger partial charge in [0.2, 0.25) is 0 Å². The van der Waals surface area contributed by atoms with E-state index in [9.17, 15) is 5.11 Å². The van der Waals surface area contributed by atoms with Crippen LogP contribution in [-0.4, -0.2) is 10.7 Å². The summed E-state index contributed by atoms with van der Waals surface area (Å²) in [5.41, 5.74) is 2.04. The van der Waals surface area contributed by atoms with E-state index in [1.54, 1.807) is 0 Å². The Balaban J connectivity index is 3.02. The molecule has 0 amide bonds. The maximum atomic E-state index is 10.6. The molecule has 18 heavy (non-hydrogen) atoms. The van der Waals surface area contributed by atoms with Gasteiger partial charge in [0.25, 0.3) is 0 Å². The summed E-state index contributed by atoms with van der Waals surface area (Å²) in [7, 11) is 0. The second-order valence-electron chi connectivity index (χ2n) is 6.47. The Morgan fingerprint density at radius 3 is 2.00 bits per heavy atom. The van der Waals surface area contributed by atoms with E-state index in [1.807, 2.05) is 6.92 Å². The Morgan fingerprint density at radius 2 is 1.61 bits per heavy atom. The van der Waals surface area contributed by atoms with Crippen molar-refractivity contribution >= 4 is 0 Å². The van der Waals surface area contributed by atoms with E-state index < -0.39 is 5.60 Å². The lowest BCUT2D eigenvalue weighted by atomic mass is 9.69. The molecule has 2 unspecified atom stereocenters. The van der Waals surface area contributed by atoms with Gasteiger partial charge >= 0.3 is 0 Å².